The number of amides is 1. The van der Waals surface area contributed by atoms with Gasteiger partial charge in [0, 0.05) is 17.7 Å². The minimum absolute atomic E-state index is 0.0323. The number of esters is 1. The van der Waals surface area contributed by atoms with Gasteiger partial charge in [0.1, 0.15) is 5.75 Å². The molecule has 0 atom stereocenters. The molecule has 0 radical (unpaired) electrons. The summed E-state index contributed by atoms with van der Waals surface area (Å²) in [5, 5.41) is 16.4. The lowest BCUT2D eigenvalue weighted by Gasteiger charge is -2.10. The Morgan fingerprint density at radius 2 is 1.93 bits per heavy atom. The first-order valence-electron chi connectivity index (χ1n) is 8.94. The number of nitrogens with zero attached hydrogens (tertiary/aromatic N) is 2. The third-order valence-electron chi connectivity index (χ3n) is 4.05. The number of ether oxygens (including phenoxy) is 2. The number of carbonyl (C=O) groups excluding carboxylic acids is 2. The van der Waals surface area contributed by atoms with Gasteiger partial charge >= 0.3 is 12.1 Å². The Balaban J connectivity index is 1.94. The fourth-order valence-electron chi connectivity index (χ4n) is 2.72. The van der Waals surface area contributed by atoms with Crippen molar-refractivity contribution in [3.8, 4) is 5.75 Å². The van der Waals surface area contributed by atoms with Gasteiger partial charge in [0.15, 0.2) is 0 Å². The number of non-ortho nitro benzene ring substituents is 1. The van der Waals surface area contributed by atoms with Gasteiger partial charge in [-0.3, -0.25) is 10.1 Å². The monoisotopic (exact) mass is 407 g/mol. The van der Waals surface area contributed by atoms with Crippen LogP contribution in [-0.4, -0.2) is 29.8 Å². The zero-order valence-electron chi connectivity index (χ0n) is 15.9. The van der Waals surface area contributed by atoms with Crippen molar-refractivity contribution in [1.82, 2.24) is 5.43 Å². The minimum Gasteiger partial charge on any atom is -0.449 e. The van der Waals surface area contributed by atoms with Gasteiger partial charge < -0.3 is 9.47 Å². The summed E-state index contributed by atoms with van der Waals surface area (Å²) in [6.45, 7) is 1.86. The second-order valence-corrected chi connectivity index (χ2v) is 5.99. The normalized spacial score (nSPS) is 10.7. The molecule has 0 aliphatic rings. The molecule has 30 heavy (non-hydrogen) atoms. The highest BCUT2D eigenvalue weighted by Crippen LogP contribution is 2.27. The molecular formula is C21H17N3O6. The first-order valence-corrected chi connectivity index (χ1v) is 8.94. The van der Waals surface area contributed by atoms with E-state index in [0.717, 1.165) is 16.8 Å². The van der Waals surface area contributed by atoms with E-state index in [-0.39, 0.29) is 23.6 Å². The van der Waals surface area contributed by atoms with E-state index in [2.05, 4.69) is 10.5 Å². The van der Waals surface area contributed by atoms with Crippen molar-refractivity contribution >= 4 is 34.7 Å². The number of carbonyl (C=O) groups is 2. The average molecular weight is 407 g/mol. The highest BCUT2D eigenvalue weighted by atomic mass is 16.6. The summed E-state index contributed by atoms with van der Waals surface area (Å²) in [5.74, 6) is -0.582. The smallest absolute Gasteiger partial charge is 0.427 e. The Kier molecular flexibility index (Phi) is 6.33. The Bertz CT molecular complexity index is 1140. The van der Waals surface area contributed by atoms with Gasteiger partial charge in [-0.15, -0.1) is 0 Å². The lowest BCUT2D eigenvalue weighted by Crippen LogP contribution is -2.18. The summed E-state index contributed by atoms with van der Waals surface area (Å²) < 4.78 is 10.2. The quantitative estimate of drug-likeness (QED) is 0.216. The van der Waals surface area contributed by atoms with Crippen molar-refractivity contribution in [3.63, 3.8) is 0 Å². The molecule has 9 nitrogen and oxygen atoms in total. The average Bonchev–Trinajstić information content (AvgIpc) is 2.75. The summed E-state index contributed by atoms with van der Waals surface area (Å²) in [5.41, 5.74) is 2.48. The Labute approximate surface area is 171 Å². The fourth-order valence-corrected chi connectivity index (χ4v) is 2.72. The maximum atomic E-state index is 12.6. The van der Waals surface area contributed by atoms with Gasteiger partial charge in [-0.05, 0) is 29.8 Å². The van der Waals surface area contributed by atoms with Gasteiger partial charge in [-0.1, -0.05) is 36.4 Å². The van der Waals surface area contributed by atoms with Crippen LogP contribution in [0, 0.1) is 10.1 Å². The highest BCUT2D eigenvalue weighted by Gasteiger charge is 2.16. The molecule has 152 valence electrons. The van der Waals surface area contributed by atoms with E-state index in [1.807, 2.05) is 24.3 Å². The largest absolute Gasteiger partial charge is 0.449 e. The summed E-state index contributed by atoms with van der Waals surface area (Å²) in [6, 6.07) is 16.0. The Hall–Kier alpha value is -4.27. The standard InChI is InChI=1S/C21H17N3O6/c1-2-29-21(26)23-22-13-18-17-9-4-3-6-14(17)10-11-19(18)30-20(25)15-7-5-8-16(12-15)24(27)28/h3-13H,2H2,1H3,(H,23,26)/b22-13-. The van der Waals surface area contributed by atoms with Crippen LogP contribution in [0.3, 0.4) is 0 Å². The van der Waals surface area contributed by atoms with E-state index in [9.17, 15) is 19.7 Å². The lowest BCUT2D eigenvalue weighted by molar-refractivity contribution is -0.384. The van der Waals surface area contributed by atoms with Crippen molar-refractivity contribution < 1.29 is 24.0 Å². The molecule has 1 N–H and O–H groups in total. The first kappa shape index (κ1) is 20.5. The van der Waals surface area contributed by atoms with Gasteiger partial charge in [0.25, 0.3) is 5.69 Å². The summed E-state index contributed by atoms with van der Waals surface area (Å²) >= 11 is 0. The van der Waals surface area contributed by atoms with E-state index in [1.54, 1.807) is 19.1 Å². The molecule has 0 spiro atoms. The van der Waals surface area contributed by atoms with Crippen LogP contribution >= 0.6 is 0 Å². The van der Waals surface area contributed by atoms with Crippen LogP contribution in [0.25, 0.3) is 10.8 Å². The number of hydrazone groups is 1. The lowest BCUT2D eigenvalue weighted by atomic mass is 10.0. The molecule has 9 heteroatoms. The van der Waals surface area contributed by atoms with Crippen LogP contribution in [0.15, 0.2) is 65.8 Å². The third-order valence-corrected chi connectivity index (χ3v) is 4.05. The second-order valence-electron chi connectivity index (χ2n) is 5.99. The van der Waals surface area contributed by atoms with Crippen LogP contribution in [0.5, 0.6) is 5.75 Å². The molecule has 1 amide bonds. The van der Waals surface area contributed by atoms with Crippen LogP contribution in [-0.2, 0) is 4.74 Å². The molecule has 0 bridgehead atoms. The Morgan fingerprint density at radius 3 is 2.70 bits per heavy atom. The van der Waals surface area contributed by atoms with Crippen LogP contribution < -0.4 is 10.2 Å². The minimum atomic E-state index is -0.762. The third kappa shape index (κ3) is 4.76. The molecule has 0 aromatic heterocycles. The summed E-state index contributed by atoms with van der Waals surface area (Å²) in [6.07, 6.45) is 0.624. The molecule has 3 rings (SSSR count). The summed E-state index contributed by atoms with van der Waals surface area (Å²) in [4.78, 5) is 34.4. The molecule has 0 aliphatic carbocycles. The molecule has 3 aromatic carbocycles. The van der Waals surface area contributed by atoms with Crippen molar-refractivity contribution in [1.29, 1.82) is 0 Å². The van der Waals surface area contributed by atoms with Crippen molar-refractivity contribution in [3.05, 3.63) is 81.9 Å². The van der Waals surface area contributed by atoms with Crippen molar-refractivity contribution in [2.45, 2.75) is 6.92 Å². The number of fused-ring (bicyclic) bond motifs is 1. The van der Waals surface area contributed by atoms with Gasteiger partial charge in [-0.2, -0.15) is 5.10 Å². The Morgan fingerprint density at radius 1 is 1.13 bits per heavy atom. The predicted octanol–water partition coefficient (Wildman–Crippen LogP) is 4.05. The van der Waals surface area contributed by atoms with E-state index in [1.165, 1.54) is 24.4 Å². The van der Waals surface area contributed by atoms with E-state index >= 15 is 0 Å². The number of hydrogen-bond acceptors (Lipinski definition) is 7. The second kappa shape index (κ2) is 9.28. The maximum Gasteiger partial charge on any atom is 0.427 e. The number of hydrogen-bond donors (Lipinski definition) is 1. The first-order chi connectivity index (χ1) is 14.5. The zero-order valence-corrected chi connectivity index (χ0v) is 15.9. The molecule has 0 saturated carbocycles. The zero-order chi connectivity index (χ0) is 21.5. The molecule has 0 heterocycles. The number of nitrogens with one attached hydrogen (secondary N) is 1. The molecular weight excluding hydrogens is 390 g/mol. The van der Waals surface area contributed by atoms with Crippen LogP contribution in [0.2, 0.25) is 0 Å². The number of nitro benzene ring substituents is 1. The van der Waals surface area contributed by atoms with Gasteiger partial charge in [0.2, 0.25) is 0 Å². The SMILES string of the molecule is CCOC(=O)N/N=C\c1c(OC(=O)c2cccc([N+](=O)[O-])c2)ccc2ccccc12. The molecule has 0 fully saturated rings. The predicted molar refractivity (Wildman–Crippen MR) is 110 cm³/mol. The topological polar surface area (TPSA) is 120 Å². The highest BCUT2D eigenvalue weighted by molar-refractivity contribution is 6.04. The number of nitro groups is 1. The van der Waals surface area contributed by atoms with Gasteiger partial charge in [0.05, 0.1) is 23.3 Å². The molecule has 0 saturated heterocycles. The molecule has 3 aromatic rings. The fraction of sp³-hybridized carbons (Fsp3) is 0.0952. The van der Waals surface area contributed by atoms with Crippen molar-refractivity contribution in [2.24, 2.45) is 5.10 Å². The van der Waals surface area contributed by atoms with Crippen LogP contribution in [0.4, 0.5) is 10.5 Å². The molecule has 0 aliphatic heterocycles. The van der Waals surface area contributed by atoms with Crippen LogP contribution in [0.1, 0.15) is 22.8 Å². The number of benzene rings is 3. The van der Waals surface area contributed by atoms with Crippen molar-refractivity contribution in [2.75, 3.05) is 6.61 Å². The summed E-state index contributed by atoms with van der Waals surface area (Å²) in [7, 11) is 0. The van der Waals surface area contributed by atoms with E-state index in [4.69, 9.17) is 9.47 Å². The van der Waals surface area contributed by atoms with E-state index in [0.29, 0.717) is 5.56 Å². The number of rotatable bonds is 6. The van der Waals surface area contributed by atoms with Gasteiger partial charge in [-0.25, -0.2) is 15.0 Å². The maximum absolute atomic E-state index is 12.6. The molecule has 0 unspecified atom stereocenters. The van der Waals surface area contributed by atoms with E-state index < -0.39 is 17.0 Å².